The van der Waals surface area contributed by atoms with E-state index in [-0.39, 0.29) is 0 Å². The molecule has 1 nitrogen and oxygen atoms in total. The molecule has 0 N–H and O–H groups in total. The van der Waals surface area contributed by atoms with Crippen molar-refractivity contribution >= 4 is 28.3 Å². The third kappa shape index (κ3) is 10.7. The van der Waals surface area contributed by atoms with Crippen molar-refractivity contribution in [3.63, 3.8) is 0 Å². The number of rotatable bonds is 0. The normalized spacial score (nSPS) is 9.64. The Labute approximate surface area is 84.0 Å². The van der Waals surface area contributed by atoms with Crippen molar-refractivity contribution in [2.24, 2.45) is 0 Å². The van der Waals surface area contributed by atoms with E-state index in [2.05, 4.69) is 4.98 Å². The molecule has 0 spiro atoms. The zero-order valence-corrected chi connectivity index (χ0v) is 10.2. The van der Waals surface area contributed by atoms with E-state index >= 15 is 0 Å². The molecule has 1 aromatic rings. The molecular weight excluding hydrogens is 388 g/mol. The van der Waals surface area contributed by atoms with E-state index in [0.717, 1.165) is 5.69 Å². The Morgan fingerprint density at radius 3 is 2.00 bits per heavy atom. The first-order chi connectivity index (χ1) is 5.13. The average molecular weight is 395 g/mol. The van der Waals surface area contributed by atoms with Gasteiger partial charge in [-0.1, -0.05) is 6.07 Å². The Morgan fingerprint density at radius 1 is 1.27 bits per heavy atom. The second-order valence-electron chi connectivity index (χ2n) is 1.61. The monoisotopic (exact) mass is 393 g/mol. The van der Waals surface area contributed by atoms with Crippen molar-refractivity contribution < 1.29 is 14.2 Å². The Morgan fingerprint density at radius 2 is 1.82 bits per heavy atom. The van der Waals surface area contributed by atoms with Gasteiger partial charge in [0.15, 0.2) is 0 Å². The summed E-state index contributed by atoms with van der Waals surface area (Å²) in [5.41, 5.74) is 1.07. The molecule has 0 atom stereocenters. The van der Waals surface area contributed by atoms with Gasteiger partial charge in [-0.3, -0.25) is 4.98 Å². The van der Waals surface area contributed by atoms with Gasteiger partial charge in [0.2, 0.25) is 0 Å². The summed E-state index contributed by atoms with van der Waals surface area (Å²) >= 11 is -1.85. The van der Waals surface area contributed by atoms with Crippen molar-refractivity contribution in [1.82, 2.24) is 4.98 Å². The summed E-state index contributed by atoms with van der Waals surface area (Å²) in [5.74, 6) is 0. The Hall–Kier alpha value is 0.708. The maximum atomic E-state index is 4.96. The number of hydrogen-bond acceptors (Lipinski definition) is 1. The van der Waals surface area contributed by atoms with E-state index in [1.807, 2.05) is 25.1 Å². The summed E-state index contributed by atoms with van der Waals surface area (Å²) in [6.07, 6.45) is 1.79. The fourth-order valence-electron chi connectivity index (χ4n) is 0.448. The molecular formula is C6H7Cl3NPt. The predicted octanol–water partition coefficient (Wildman–Crippen LogP) is 3.46. The van der Waals surface area contributed by atoms with Crippen LogP contribution in [0.5, 0.6) is 0 Å². The third-order valence-electron chi connectivity index (χ3n) is 0.813. The van der Waals surface area contributed by atoms with E-state index in [9.17, 15) is 0 Å². The Bertz CT molecular complexity index is 178. The minimum absolute atomic E-state index is 1.07. The summed E-state index contributed by atoms with van der Waals surface area (Å²) in [6.45, 7) is 1.97. The quantitative estimate of drug-likeness (QED) is 0.657. The van der Waals surface area contributed by atoms with Gasteiger partial charge in [0.1, 0.15) is 0 Å². The zero-order valence-electron chi connectivity index (χ0n) is 5.71. The number of pyridine rings is 1. The fraction of sp³-hybridized carbons (Fsp3) is 0.167. The van der Waals surface area contributed by atoms with E-state index in [1.165, 1.54) is 0 Å². The van der Waals surface area contributed by atoms with Gasteiger partial charge in [0, 0.05) is 11.9 Å². The van der Waals surface area contributed by atoms with Gasteiger partial charge in [-0.05, 0) is 19.1 Å². The number of hydrogen-bond donors (Lipinski definition) is 0. The molecule has 0 unspecified atom stereocenters. The van der Waals surface area contributed by atoms with Crippen molar-refractivity contribution in [3.8, 4) is 0 Å². The average Bonchev–Trinajstić information content (AvgIpc) is 1.87. The van der Waals surface area contributed by atoms with Crippen LogP contribution in [0.15, 0.2) is 24.4 Å². The SMILES string of the molecule is Cc1ccccn1.[Cl][Pt]([Cl])[Cl]. The van der Waals surface area contributed by atoms with Gasteiger partial charge in [-0.25, -0.2) is 0 Å². The van der Waals surface area contributed by atoms with E-state index in [1.54, 1.807) is 6.20 Å². The van der Waals surface area contributed by atoms with Crippen LogP contribution in [0.4, 0.5) is 0 Å². The van der Waals surface area contributed by atoms with Crippen molar-refractivity contribution in [2.75, 3.05) is 0 Å². The number of aromatic nitrogens is 1. The topological polar surface area (TPSA) is 12.9 Å². The second kappa shape index (κ2) is 7.36. The third-order valence-corrected chi connectivity index (χ3v) is 0.813. The first-order valence-electron chi connectivity index (χ1n) is 2.63. The molecule has 1 aromatic heterocycles. The van der Waals surface area contributed by atoms with Crippen LogP contribution in [0, 0.1) is 6.92 Å². The van der Waals surface area contributed by atoms with Gasteiger partial charge in [0.25, 0.3) is 0 Å². The molecule has 0 amide bonds. The van der Waals surface area contributed by atoms with Crippen LogP contribution in [0.25, 0.3) is 0 Å². The predicted molar refractivity (Wildman–Crippen MR) is 46.5 cm³/mol. The first-order valence-corrected chi connectivity index (χ1v) is 11.1. The van der Waals surface area contributed by atoms with Crippen LogP contribution in [-0.2, 0) is 14.2 Å². The van der Waals surface area contributed by atoms with Gasteiger partial charge in [-0.2, -0.15) is 0 Å². The van der Waals surface area contributed by atoms with Crippen LogP contribution >= 0.6 is 28.3 Å². The summed E-state index contributed by atoms with van der Waals surface area (Å²) in [6, 6.07) is 5.86. The molecule has 0 aliphatic rings. The molecule has 67 valence electrons. The fourth-order valence-corrected chi connectivity index (χ4v) is 0.448. The molecule has 0 saturated heterocycles. The molecule has 0 aliphatic heterocycles. The molecule has 0 radical (unpaired) electrons. The molecule has 0 aromatic carbocycles. The van der Waals surface area contributed by atoms with E-state index in [4.69, 9.17) is 28.3 Å². The van der Waals surface area contributed by atoms with E-state index < -0.39 is 14.2 Å². The number of nitrogens with zero attached hydrogens (tertiary/aromatic N) is 1. The van der Waals surface area contributed by atoms with Gasteiger partial charge in [-0.15, -0.1) is 0 Å². The number of halogens is 3. The summed E-state index contributed by atoms with van der Waals surface area (Å²) in [5, 5.41) is 0. The molecule has 1 rings (SSSR count). The van der Waals surface area contributed by atoms with Crippen molar-refractivity contribution in [2.45, 2.75) is 6.92 Å². The molecule has 11 heavy (non-hydrogen) atoms. The molecule has 0 bridgehead atoms. The summed E-state index contributed by atoms with van der Waals surface area (Å²) in [7, 11) is 14.9. The van der Waals surface area contributed by atoms with Crippen molar-refractivity contribution in [3.05, 3.63) is 30.1 Å². The number of aryl methyl sites for hydroxylation is 1. The van der Waals surface area contributed by atoms with Crippen LogP contribution in [0.3, 0.4) is 0 Å². The van der Waals surface area contributed by atoms with Crippen molar-refractivity contribution in [1.29, 1.82) is 0 Å². The zero-order chi connectivity index (χ0) is 8.69. The van der Waals surface area contributed by atoms with Gasteiger partial charge < -0.3 is 0 Å². The van der Waals surface area contributed by atoms with Crippen LogP contribution < -0.4 is 0 Å². The Balaban J connectivity index is 0.000000218. The standard InChI is InChI=1S/C6H7N.3ClH.Pt/c1-6-4-2-3-5-7-6;;;;/h2-5H,1H3;3*1H;/q;;;;+3/p-3. The van der Waals surface area contributed by atoms with Crippen LogP contribution in [-0.4, -0.2) is 4.98 Å². The Kier molecular flexibility index (Phi) is 7.84. The van der Waals surface area contributed by atoms with E-state index in [0.29, 0.717) is 0 Å². The van der Waals surface area contributed by atoms with Crippen LogP contribution in [0.1, 0.15) is 5.69 Å². The molecule has 5 heteroatoms. The molecule has 0 saturated carbocycles. The molecule has 0 aliphatic carbocycles. The molecule has 0 fully saturated rings. The first kappa shape index (κ1) is 11.7. The molecule has 1 heterocycles. The maximum absolute atomic E-state index is 4.96. The van der Waals surface area contributed by atoms with Gasteiger partial charge >= 0.3 is 42.4 Å². The minimum atomic E-state index is -1.85. The summed E-state index contributed by atoms with van der Waals surface area (Å²) < 4.78 is 0. The van der Waals surface area contributed by atoms with Gasteiger partial charge in [0.05, 0.1) is 0 Å². The van der Waals surface area contributed by atoms with Crippen LogP contribution in [0.2, 0.25) is 0 Å². The second-order valence-corrected chi connectivity index (χ2v) is 11.5. The summed E-state index contributed by atoms with van der Waals surface area (Å²) in [4.78, 5) is 3.98.